The molecular formula is C25H25N3O3. The van der Waals surface area contributed by atoms with Gasteiger partial charge in [-0.15, -0.1) is 0 Å². The maximum absolute atomic E-state index is 13.6. The van der Waals surface area contributed by atoms with Crippen LogP contribution in [0.2, 0.25) is 0 Å². The molecule has 0 spiro atoms. The molecule has 6 heteroatoms. The number of carbonyl (C=O) groups is 2. The fourth-order valence-electron chi connectivity index (χ4n) is 4.31. The van der Waals surface area contributed by atoms with Crippen molar-refractivity contribution in [2.45, 2.75) is 26.7 Å². The van der Waals surface area contributed by atoms with E-state index in [1.165, 1.54) is 4.90 Å². The smallest absolute Gasteiger partial charge is 0.282 e. The van der Waals surface area contributed by atoms with Gasteiger partial charge in [-0.2, -0.15) is 5.26 Å². The van der Waals surface area contributed by atoms with Crippen molar-refractivity contribution < 1.29 is 14.7 Å². The third kappa shape index (κ3) is 3.73. The van der Waals surface area contributed by atoms with Gasteiger partial charge in [-0.1, -0.05) is 18.2 Å². The maximum Gasteiger partial charge on any atom is 0.282 e. The molecule has 2 aliphatic rings. The van der Waals surface area contributed by atoms with Crippen LogP contribution in [0.3, 0.4) is 0 Å². The van der Waals surface area contributed by atoms with Gasteiger partial charge in [-0.05, 0) is 73.6 Å². The zero-order valence-electron chi connectivity index (χ0n) is 17.8. The van der Waals surface area contributed by atoms with Crippen molar-refractivity contribution in [1.82, 2.24) is 4.90 Å². The van der Waals surface area contributed by atoms with Crippen LogP contribution in [0, 0.1) is 31.1 Å². The lowest BCUT2D eigenvalue weighted by molar-refractivity contribution is -0.120. The molecule has 0 aromatic heterocycles. The van der Waals surface area contributed by atoms with Gasteiger partial charge in [0.05, 0.1) is 22.9 Å². The van der Waals surface area contributed by atoms with Crippen molar-refractivity contribution in [1.29, 1.82) is 5.26 Å². The van der Waals surface area contributed by atoms with E-state index in [2.05, 4.69) is 6.07 Å². The Morgan fingerprint density at radius 3 is 2.45 bits per heavy atom. The van der Waals surface area contributed by atoms with Crippen LogP contribution in [0.5, 0.6) is 0 Å². The summed E-state index contributed by atoms with van der Waals surface area (Å²) in [6, 6.07) is 14.3. The van der Waals surface area contributed by atoms with E-state index in [-0.39, 0.29) is 24.3 Å². The van der Waals surface area contributed by atoms with E-state index in [0.717, 1.165) is 29.5 Å². The largest absolute Gasteiger partial charge is 0.396 e. The Balaban J connectivity index is 1.82. The van der Waals surface area contributed by atoms with Crippen LogP contribution in [0.15, 0.2) is 48.2 Å². The molecular weight excluding hydrogens is 390 g/mol. The molecule has 0 aliphatic carbocycles. The van der Waals surface area contributed by atoms with Crippen molar-refractivity contribution in [3.05, 3.63) is 70.4 Å². The Hall–Kier alpha value is -3.43. The number of rotatable bonds is 4. The number of amides is 2. The van der Waals surface area contributed by atoms with Gasteiger partial charge in [-0.25, -0.2) is 4.90 Å². The van der Waals surface area contributed by atoms with Gasteiger partial charge in [0, 0.05) is 19.7 Å². The molecule has 2 heterocycles. The summed E-state index contributed by atoms with van der Waals surface area (Å²) in [5, 5.41) is 18.7. The molecule has 1 unspecified atom stereocenters. The Bertz CT molecular complexity index is 1110. The molecule has 1 saturated heterocycles. The lowest BCUT2D eigenvalue weighted by Gasteiger charge is -2.34. The first-order valence-electron chi connectivity index (χ1n) is 10.5. The normalized spacial score (nSPS) is 19.2. The summed E-state index contributed by atoms with van der Waals surface area (Å²) in [6.45, 7) is 5.27. The Morgan fingerprint density at radius 1 is 1.06 bits per heavy atom. The van der Waals surface area contributed by atoms with E-state index in [0.29, 0.717) is 35.6 Å². The Labute approximate surface area is 182 Å². The van der Waals surface area contributed by atoms with Gasteiger partial charge >= 0.3 is 0 Å². The van der Waals surface area contributed by atoms with Crippen LogP contribution < -0.4 is 4.90 Å². The maximum atomic E-state index is 13.6. The van der Waals surface area contributed by atoms with Gasteiger partial charge in [0.2, 0.25) is 0 Å². The van der Waals surface area contributed by atoms with Crippen LogP contribution in [-0.4, -0.2) is 41.5 Å². The molecule has 31 heavy (non-hydrogen) atoms. The molecule has 6 nitrogen and oxygen atoms in total. The van der Waals surface area contributed by atoms with Gasteiger partial charge in [0.1, 0.15) is 5.70 Å². The van der Waals surface area contributed by atoms with Crippen molar-refractivity contribution in [2.24, 2.45) is 5.92 Å². The molecule has 2 amide bonds. The first kappa shape index (κ1) is 20.8. The second kappa shape index (κ2) is 8.37. The summed E-state index contributed by atoms with van der Waals surface area (Å²) in [5.74, 6) is -0.644. The predicted molar refractivity (Wildman–Crippen MR) is 118 cm³/mol. The van der Waals surface area contributed by atoms with E-state index in [1.807, 2.05) is 36.9 Å². The van der Waals surface area contributed by atoms with Crippen LogP contribution in [0.4, 0.5) is 5.69 Å². The van der Waals surface area contributed by atoms with Crippen molar-refractivity contribution in [2.75, 3.05) is 24.6 Å². The highest BCUT2D eigenvalue weighted by Gasteiger charge is 2.43. The molecule has 0 saturated carbocycles. The Morgan fingerprint density at radius 2 is 1.81 bits per heavy atom. The van der Waals surface area contributed by atoms with E-state index in [4.69, 9.17) is 5.26 Å². The quantitative estimate of drug-likeness (QED) is 0.776. The van der Waals surface area contributed by atoms with E-state index in [9.17, 15) is 14.7 Å². The summed E-state index contributed by atoms with van der Waals surface area (Å²) >= 11 is 0. The first-order chi connectivity index (χ1) is 14.9. The lowest BCUT2D eigenvalue weighted by atomic mass is 9.96. The Kier molecular flexibility index (Phi) is 5.62. The molecule has 0 radical (unpaired) electrons. The summed E-state index contributed by atoms with van der Waals surface area (Å²) < 4.78 is 0. The number of piperidine rings is 1. The number of aliphatic hydroxyl groups is 1. The van der Waals surface area contributed by atoms with Crippen molar-refractivity contribution in [3.8, 4) is 6.07 Å². The number of likely N-dealkylation sites (tertiary alicyclic amines) is 1. The standard InChI is InChI=1S/C25H25N3O3/c1-16-5-8-20(12-17(16)2)22-23(27-11-3-4-19(14-27)15-29)25(31)28(24(22)30)21-9-6-18(13-26)7-10-21/h5-10,12,19,29H,3-4,11,14-15H2,1-2H3. The number of carbonyl (C=O) groups excluding carboxylic acids is 2. The average Bonchev–Trinajstić information content (AvgIpc) is 3.05. The second-order valence-corrected chi connectivity index (χ2v) is 8.26. The lowest BCUT2D eigenvalue weighted by Crippen LogP contribution is -2.40. The highest BCUT2D eigenvalue weighted by Crippen LogP contribution is 2.37. The van der Waals surface area contributed by atoms with E-state index >= 15 is 0 Å². The number of aryl methyl sites for hydroxylation is 2. The molecule has 1 fully saturated rings. The molecule has 2 aliphatic heterocycles. The van der Waals surface area contributed by atoms with Gasteiger partial charge in [-0.3, -0.25) is 9.59 Å². The third-order valence-electron chi connectivity index (χ3n) is 6.20. The minimum Gasteiger partial charge on any atom is -0.396 e. The molecule has 1 N–H and O–H groups in total. The first-order valence-corrected chi connectivity index (χ1v) is 10.5. The minimum absolute atomic E-state index is 0.0597. The van der Waals surface area contributed by atoms with Crippen LogP contribution in [0.25, 0.3) is 5.57 Å². The van der Waals surface area contributed by atoms with Crippen molar-refractivity contribution in [3.63, 3.8) is 0 Å². The summed E-state index contributed by atoms with van der Waals surface area (Å²) in [4.78, 5) is 30.3. The number of anilines is 1. The van der Waals surface area contributed by atoms with Gasteiger partial charge in [0.25, 0.3) is 11.8 Å². The van der Waals surface area contributed by atoms with Gasteiger partial charge in [0.15, 0.2) is 0 Å². The van der Waals surface area contributed by atoms with Crippen LogP contribution in [0.1, 0.15) is 35.1 Å². The molecule has 2 aromatic carbocycles. The van der Waals surface area contributed by atoms with E-state index < -0.39 is 0 Å². The number of nitrogens with zero attached hydrogens (tertiary/aromatic N) is 3. The van der Waals surface area contributed by atoms with Crippen LogP contribution in [-0.2, 0) is 9.59 Å². The molecule has 158 valence electrons. The van der Waals surface area contributed by atoms with Crippen molar-refractivity contribution >= 4 is 23.1 Å². The second-order valence-electron chi connectivity index (χ2n) is 8.26. The highest BCUT2D eigenvalue weighted by atomic mass is 16.3. The molecule has 4 rings (SSSR count). The number of nitriles is 1. The summed E-state index contributed by atoms with van der Waals surface area (Å²) in [6.07, 6.45) is 1.76. The third-order valence-corrected chi connectivity index (χ3v) is 6.20. The molecule has 1 atom stereocenters. The monoisotopic (exact) mass is 415 g/mol. The number of hydrogen-bond acceptors (Lipinski definition) is 5. The highest BCUT2D eigenvalue weighted by molar-refractivity contribution is 6.45. The number of aliphatic hydroxyl groups excluding tert-OH is 1. The fraction of sp³-hybridized carbons (Fsp3) is 0.320. The molecule has 0 bridgehead atoms. The topological polar surface area (TPSA) is 84.6 Å². The number of imide groups is 1. The number of hydrogen-bond donors (Lipinski definition) is 1. The number of benzene rings is 2. The predicted octanol–water partition coefficient (Wildman–Crippen LogP) is 3.16. The zero-order chi connectivity index (χ0) is 22.1. The summed E-state index contributed by atoms with van der Waals surface area (Å²) in [7, 11) is 0. The minimum atomic E-state index is -0.362. The van der Waals surface area contributed by atoms with Crippen LogP contribution >= 0.6 is 0 Å². The zero-order valence-corrected chi connectivity index (χ0v) is 17.8. The SMILES string of the molecule is Cc1ccc(C2=C(N3CCCC(CO)C3)C(=O)N(c3ccc(C#N)cc3)C2=O)cc1C. The van der Waals surface area contributed by atoms with Gasteiger partial charge < -0.3 is 10.0 Å². The molecule has 2 aromatic rings. The fourth-order valence-corrected chi connectivity index (χ4v) is 4.31. The summed E-state index contributed by atoms with van der Waals surface area (Å²) in [5.41, 5.74) is 4.59. The average molecular weight is 415 g/mol. The van der Waals surface area contributed by atoms with E-state index in [1.54, 1.807) is 24.3 Å².